The second-order valence-electron chi connectivity index (χ2n) is 4.17. The number of benzene rings is 1. The smallest absolute Gasteiger partial charge is 0.406 e. The SMILES string of the molecule is C[C@H](N)C(=O)N(C)Cc1ccc(OC(F)(F)F)cc1.Cl. The molecular formula is C12H16ClF3N2O2. The number of alkyl halides is 3. The summed E-state index contributed by atoms with van der Waals surface area (Å²) < 4.78 is 39.6. The van der Waals surface area contributed by atoms with Crippen LogP contribution >= 0.6 is 12.4 Å². The molecule has 20 heavy (non-hydrogen) atoms. The molecular weight excluding hydrogens is 297 g/mol. The quantitative estimate of drug-likeness (QED) is 0.928. The topological polar surface area (TPSA) is 55.6 Å². The molecule has 0 saturated carbocycles. The Morgan fingerprint density at radius 1 is 1.35 bits per heavy atom. The number of hydrogen-bond donors (Lipinski definition) is 1. The normalized spacial score (nSPS) is 12.3. The predicted octanol–water partition coefficient (Wildman–Crippen LogP) is 2.31. The van der Waals surface area contributed by atoms with Gasteiger partial charge in [0.25, 0.3) is 0 Å². The molecule has 1 aromatic rings. The number of nitrogens with two attached hydrogens (primary N) is 1. The molecule has 0 aromatic heterocycles. The molecule has 114 valence electrons. The first-order chi connectivity index (χ1) is 8.69. The van der Waals surface area contributed by atoms with Gasteiger partial charge in [-0.05, 0) is 24.6 Å². The molecule has 0 fully saturated rings. The van der Waals surface area contributed by atoms with Crippen LogP contribution in [0.5, 0.6) is 5.75 Å². The lowest BCUT2D eigenvalue weighted by Gasteiger charge is -2.19. The summed E-state index contributed by atoms with van der Waals surface area (Å²) in [5, 5.41) is 0. The van der Waals surface area contributed by atoms with Crippen molar-refractivity contribution in [2.75, 3.05) is 7.05 Å². The summed E-state index contributed by atoms with van der Waals surface area (Å²) in [5.41, 5.74) is 6.13. The van der Waals surface area contributed by atoms with E-state index >= 15 is 0 Å². The summed E-state index contributed by atoms with van der Waals surface area (Å²) in [6.45, 7) is 1.84. The van der Waals surface area contributed by atoms with E-state index in [1.165, 1.54) is 29.2 Å². The van der Waals surface area contributed by atoms with Crippen molar-refractivity contribution in [2.24, 2.45) is 5.73 Å². The van der Waals surface area contributed by atoms with Gasteiger partial charge in [0.2, 0.25) is 5.91 Å². The van der Waals surface area contributed by atoms with Gasteiger partial charge in [-0.1, -0.05) is 12.1 Å². The first kappa shape index (κ1) is 18.5. The summed E-state index contributed by atoms with van der Waals surface area (Å²) in [6.07, 6.45) is -4.71. The lowest BCUT2D eigenvalue weighted by atomic mass is 10.2. The third-order valence-electron chi connectivity index (χ3n) is 2.34. The molecule has 0 spiro atoms. The van der Waals surface area contributed by atoms with E-state index in [9.17, 15) is 18.0 Å². The summed E-state index contributed by atoms with van der Waals surface area (Å²) in [7, 11) is 1.58. The van der Waals surface area contributed by atoms with Crippen molar-refractivity contribution in [1.82, 2.24) is 4.90 Å². The van der Waals surface area contributed by atoms with Crippen LogP contribution in [0.1, 0.15) is 12.5 Å². The minimum Gasteiger partial charge on any atom is -0.406 e. The van der Waals surface area contributed by atoms with Crippen molar-refractivity contribution in [2.45, 2.75) is 25.9 Å². The van der Waals surface area contributed by atoms with Gasteiger partial charge in [0.1, 0.15) is 5.75 Å². The fourth-order valence-corrected chi connectivity index (χ4v) is 1.50. The molecule has 1 amide bonds. The number of ether oxygens (including phenoxy) is 1. The number of nitrogens with zero attached hydrogens (tertiary/aromatic N) is 1. The molecule has 8 heteroatoms. The fraction of sp³-hybridized carbons (Fsp3) is 0.417. The number of carbonyl (C=O) groups is 1. The molecule has 0 radical (unpaired) electrons. The van der Waals surface area contributed by atoms with E-state index in [-0.39, 0.29) is 30.6 Å². The Morgan fingerprint density at radius 3 is 2.25 bits per heavy atom. The molecule has 0 aliphatic rings. The molecule has 0 aliphatic heterocycles. The van der Waals surface area contributed by atoms with Gasteiger partial charge in [-0.25, -0.2) is 0 Å². The van der Waals surface area contributed by atoms with E-state index < -0.39 is 12.4 Å². The monoisotopic (exact) mass is 312 g/mol. The number of hydrogen-bond acceptors (Lipinski definition) is 3. The first-order valence-corrected chi connectivity index (χ1v) is 5.54. The third kappa shape index (κ3) is 6.12. The van der Waals surface area contributed by atoms with E-state index in [2.05, 4.69) is 4.74 Å². The van der Waals surface area contributed by atoms with E-state index in [0.29, 0.717) is 5.56 Å². The van der Waals surface area contributed by atoms with Crippen molar-refractivity contribution in [1.29, 1.82) is 0 Å². The Labute approximate surface area is 121 Å². The minimum atomic E-state index is -4.71. The predicted molar refractivity (Wildman–Crippen MR) is 70.5 cm³/mol. The van der Waals surface area contributed by atoms with Gasteiger partial charge >= 0.3 is 6.36 Å². The molecule has 0 heterocycles. The van der Waals surface area contributed by atoms with E-state index in [4.69, 9.17) is 5.73 Å². The van der Waals surface area contributed by atoms with Crippen LogP contribution in [0.4, 0.5) is 13.2 Å². The van der Waals surface area contributed by atoms with Gasteiger partial charge in [-0.2, -0.15) is 0 Å². The Hall–Kier alpha value is -1.47. The van der Waals surface area contributed by atoms with Crippen LogP contribution in [0.25, 0.3) is 0 Å². The number of halogens is 4. The Bertz CT molecular complexity index is 435. The molecule has 0 saturated heterocycles. The lowest BCUT2D eigenvalue weighted by Crippen LogP contribution is -2.39. The molecule has 4 nitrogen and oxygen atoms in total. The van der Waals surface area contributed by atoms with Gasteiger partial charge < -0.3 is 15.4 Å². The number of likely N-dealkylation sites (N-methyl/N-ethyl adjacent to an activating group) is 1. The number of amides is 1. The summed E-state index contributed by atoms with van der Waals surface area (Å²) in [4.78, 5) is 12.9. The summed E-state index contributed by atoms with van der Waals surface area (Å²) >= 11 is 0. The molecule has 2 N–H and O–H groups in total. The van der Waals surface area contributed by atoms with Gasteiger partial charge in [-0.3, -0.25) is 4.79 Å². The molecule has 0 bridgehead atoms. The fourth-order valence-electron chi connectivity index (χ4n) is 1.50. The highest BCUT2D eigenvalue weighted by Crippen LogP contribution is 2.22. The van der Waals surface area contributed by atoms with Gasteiger partial charge in [0.05, 0.1) is 6.04 Å². The van der Waals surface area contributed by atoms with Gasteiger partial charge in [-0.15, -0.1) is 25.6 Å². The van der Waals surface area contributed by atoms with E-state index in [0.717, 1.165) is 0 Å². The van der Waals surface area contributed by atoms with Crippen LogP contribution in [0.3, 0.4) is 0 Å². The molecule has 0 unspecified atom stereocenters. The zero-order valence-electron chi connectivity index (χ0n) is 11.0. The van der Waals surface area contributed by atoms with Crippen LogP contribution in [0.2, 0.25) is 0 Å². The van der Waals surface area contributed by atoms with Crippen molar-refractivity contribution >= 4 is 18.3 Å². The lowest BCUT2D eigenvalue weighted by molar-refractivity contribution is -0.274. The van der Waals surface area contributed by atoms with Crippen LogP contribution in [-0.4, -0.2) is 30.3 Å². The standard InChI is InChI=1S/C12H15F3N2O2.ClH/c1-8(16)11(18)17(2)7-9-3-5-10(6-4-9)19-12(13,14)15;/h3-6,8H,7,16H2,1-2H3;1H/t8-;/m0./s1. The zero-order valence-corrected chi connectivity index (χ0v) is 11.8. The number of carbonyl (C=O) groups excluding carboxylic acids is 1. The van der Waals surface area contributed by atoms with Crippen LogP contribution in [0.15, 0.2) is 24.3 Å². The molecule has 1 atom stereocenters. The zero-order chi connectivity index (χ0) is 14.6. The molecule has 0 aliphatic carbocycles. The highest BCUT2D eigenvalue weighted by Gasteiger charge is 2.30. The van der Waals surface area contributed by atoms with Gasteiger partial charge in [0, 0.05) is 13.6 Å². The average molecular weight is 313 g/mol. The first-order valence-electron chi connectivity index (χ1n) is 5.54. The minimum absolute atomic E-state index is 0. The van der Waals surface area contributed by atoms with Crippen molar-refractivity contribution in [3.8, 4) is 5.75 Å². The largest absolute Gasteiger partial charge is 0.573 e. The van der Waals surface area contributed by atoms with Crippen molar-refractivity contribution < 1.29 is 22.7 Å². The summed E-state index contributed by atoms with van der Waals surface area (Å²) in [5.74, 6) is -0.534. The summed E-state index contributed by atoms with van der Waals surface area (Å²) in [6, 6.07) is 4.72. The molecule has 1 rings (SSSR count). The van der Waals surface area contributed by atoms with Gasteiger partial charge in [0.15, 0.2) is 0 Å². The second kappa shape index (κ2) is 7.35. The maximum absolute atomic E-state index is 12.0. The Balaban J connectivity index is 0.00000361. The Morgan fingerprint density at radius 2 is 1.85 bits per heavy atom. The second-order valence-corrected chi connectivity index (χ2v) is 4.17. The van der Waals surface area contributed by atoms with E-state index in [1.54, 1.807) is 14.0 Å². The highest BCUT2D eigenvalue weighted by molar-refractivity contribution is 5.85. The molecule has 1 aromatic carbocycles. The van der Waals surface area contributed by atoms with Crippen molar-refractivity contribution in [3.63, 3.8) is 0 Å². The van der Waals surface area contributed by atoms with Crippen LogP contribution in [-0.2, 0) is 11.3 Å². The van der Waals surface area contributed by atoms with E-state index in [1.807, 2.05) is 0 Å². The Kier molecular flexibility index (Phi) is 6.81. The van der Waals surface area contributed by atoms with Crippen LogP contribution in [0, 0.1) is 0 Å². The maximum atomic E-state index is 12.0. The maximum Gasteiger partial charge on any atom is 0.573 e. The van der Waals surface area contributed by atoms with Crippen molar-refractivity contribution in [3.05, 3.63) is 29.8 Å². The number of rotatable bonds is 4. The average Bonchev–Trinajstić information content (AvgIpc) is 2.28. The van der Waals surface area contributed by atoms with Crippen LogP contribution < -0.4 is 10.5 Å². The highest BCUT2D eigenvalue weighted by atomic mass is 35.5. The third-order valence-corrected chi connectivity index (χ3v) is 2.34.